The van der Waals surface area contributed by atoms with Gasteiger partial charge in [0.1, 0.15) is 5.76 Å². The van der Waals surface area contributed by atoms with Gasteiger partial charge in [0.25, 0.3) is 0 Å². The highest BCUT2D eigenvalue weighted by atomic mass is 16.5. The van der Waals surface area contributed by atoms with Crippen molar-refractivity contribution in [2.75, 3.05) is 6.61 Å². The molecule has 0 bridgehead atoms. The predicted molar refractivity (Wildman–Crippen MR) is 58.8 cm³/mol. The number of nitrogens with zero attached hydrogens (tertiary/aromatic N) is 1. The number of nitrogens with one attached hydrogen (secondary N) is 1. The SMILES string of the molecule is CCOC(=O)CC(C)NCc1cc(C)on1. The second-order valence-corrected chi connectivity index (χ2v) is 3.72. The van der Waals surface area contributed by atoms with Crippen molar-refractivity contribution in [2.45, 2.75) is 39.8 Å². The van der Waals surface area contributed by atoms with E-state index in [0.717, 1.165) is 11.5 Å². The lowest BCUT2D eigenvalue weighted by Gasteiger charge is -2.11. The lowest BCUT2D eigenvalue weighted by molar-refractivity contribution is -0.143. The molecule has 0 spiro atoms. The van der Waals surface area contributed by atoms with Gasteiger partial charge in [0.05, 0.1) is 18.7 Å². The Morgan fingerprint density at radius 2 is 2.44 bits per heavy atom. The van der Waals surface area contributed by atoms with E-state index in [0.29, 0.717) is 19.6 Å². The topological polar surface area (TPSA) is 64.4 Å². The molecule has 1 heterocycles. The molecule has 0 aromatic carbocycles. The quantitative estimate of drug-likeness (QED) is 0.743. The van der Waals surface area contributed by atoms with Crippen LogP contribution in [0.25, 0.3) is 0 Å². The van der Waals surface area contributed by atoms with Gasteiger partial charge in [-0.1, -0.05) is 5.16 Å². The third-order valence-corrected chi connectivity index (χ3v) is 2.09. The van der Waals surface area contributed by atoms with Gasteiger partial charge >= 0.3 is 5.97 Å². The van der Waals surface area contributed by atoms with E-state index in [-0.39, 0.29) is 12.0 Å². The Morgan fingerprint density at radius 1 is 1.69 bits per heavy atom. The molecule has 0 amide bonds. The van der Waals surface area contributed by atoms with Crippen LogP contribution in [0.15, 0.2) is 10.6 Å². The summed E-state index contributed by atoms with van der Waals surface area (Å²) in [5.74, 6) is 0.605. The standard InChI is InChI=1S/C11H18N2O3/c1-4-15-11(14)5-8(2)12-7-10-6-9(3)16-13-10/h6,8,12H,4-5,7H2,1-3H3. The van der Waals surface area contributed by atoms with Crippen LogP contribution in [-0.2, 0) is 16.1 Å². The average Bonchev–Trinajstić information content (AvgIpc) is 2.61. The Labute approximate surface area is 95.1 Å². The first kappa shape index (κ1) is 12.7. The van der Waals surface area contributed by atoms with Gasteiger partial charge in [-0.25, -0.2) is 0 Å². The van der Waals surface area contributed by atoms with Crippen LogP contribution in [0.1, 0.15) is 31.7 Å². The number of ether oxygens (including phenoxy) is 1. The van der Waals surface area contributed by atoms with Crippen molar-refractivity contribution in [3.63, 3.8) is 0 Å². The molecule has 5 nitrogen and oxygen atoms in total. The number of hydrogen-bond acceptors (Lipinski definition) is 5. The van der Waals surface area contributed by atoms with Crippen molar-refractivity contribution in [2.24, 2.45) is 0 Å². The van der Waals surface area contributed by atoms with Crippen molar-refractivity contribution >= 4 is 5.97 Å². The highest BCUT2D eigenvalue weighted by molar-refractivity contribution is 5.69. The van der Waals surface area contributed by atoms with Crippen molar-refractivity contribution in [1.29, 1.82) is 0 Å². The number of hydrogen-bond donors (Lipinski definition) is 1. The van der Waals surface area contributed by atoms with Gasteiger partial charge < -0.3 is 14.6 Å². The number of aromatic nitrogens is 1. The largest absolute Gasteiger partial charge is 0.466 e. The van der Waals surface area contributed by atoms with Crippen LogP contribution < -0.4 is 5.32 Å². The maximum atomic E-state index is 11.2. The van der Waals surface area contributed by atoms with E-state index in [1.807, 2.05) is 19.9 Å². The second kappa shape index (κ2) is 6.27. The summed E-state index contributed by atoms with van der Waals surface area (Å²) in [6, 6.07) is 1.93. The first-order chi connectivity index (χ1) is 7.61. The molecule has 1 N–H and O–H groups in total. The minimum atomic E-state index is -0.182. The van der Waals surface area contributed by atoms with Crippen LogP contribution in [-0.4, -0.2) is 23.8 Å². The summed E-state index contributed by atoms with van der Waals surface area (Å²) in [4.78, 5) is 11.2. The maximum Gasteiger partial charge on any atom is 0.307 e. The first-order valence-corrected chi connectivity index (χ1v) is 5.43. The molecule has 5 heteroatoms. The third kappa shape index (κ3) is 4.44. The first-order valence-electron chi connectivity index (χ1n) is 5.43. The average molecular weight is 226 g/mol. The lowest BCUT2D eigenvalue weighted by Crippen LogP contribution is -2.28. The smallest absolute Gasteiger partial charge is 0.307 e. The molecular weight excluding hydrogens is 208 g/mol. The number of esters is 1. The zero-order valence-electron chi connectivity index (χ0n) is 9.95. The molecule has 1 rings (SSSR count). The minimum Gasteiger partial charge on any atom is -0.466 e. The molecule has 1 atom stereocenters. The van der Waals surface area contributed by atoms with E-state index in [4.69, 9.17) is 9.26 Å². The van der Waals surface area contributed by atoms with Gasteiger partial charge in [0.15, 0.2) is 0 Å². The summed E-state index contributed by atoms with van der Waals surface area (Å²) in [5, 5.41) is 7.03. The molecule has 0 saturated carbocycles. The van der Waals surface area contributed by atoms with E-state index in [2.05, 4.69) is 10.5 Å². The van der Waals surface area contributed by atoms with E-state index in [1.54, 1.807) is 6.92 Å². The zero-order valence-corrected chi connectivity index (χ0v) is 9.95. The van der Waals surface area contributed by atoms with Gasteiger partial charge in [-0.05, 0) is 20.8 Å². The van der Waals surface area contributed by atoms with Crippen LogP contribution in [0.2, 0.25) is 0 Å². The van der Waals surface area contributed by atoms with Crippen LogP contribution >= 0.6 is 0 Å². The number of carbonyl (C=O) groups is 1. The fourth-order valence-electron chi connectivity index (χ4n) is 1.32. The molecule has 16 heavy (non-hydrogen) atoms. The number of rotatable bonds is 6. The lowest BCUT2D eigenvalue weighted by atomic mass is 10.2. The van der Waals surface area contributed by atoms with Gasteiger partial charge in [0.2, 0.25) is 0 Å². The Balaban J connectivity index is 2.24. The van der Waals surface area contributed by atoms with Crippen molar-refractivity contribution in [3.8, 4) is 0 Å². The second-order valence-electron chi connectivity index (χ2n) is 3.72. The summed E-state index contributed by atoms with van der Waals surface area (Å²) in [6.07, 6.45) is 0.366. The highest BCUT2D eigenvalue weighted by Gasteiger charge is 2.10. The van der Waals surface area contributed by atoms with Crippen LogP contribution in [0.4, 0.5) is 0 Å². The molecule has 0 fully saturated rings. The molecule has 1 aromatic rings. The summed E-state index contributed by atoms with van der Waals surface area (Å²) in [6.45, 7) is 6.60. The van der Waals surface area contributed by atoms with E-state index < -0.39 is 0 Å². The molecule has 1 unspecified atom stereocenters. The van der Waals surface area contributed by atoms with Gasteiger partial charge in [-0.2, -0.15) is 0 Å². The van der Waals surface area contributed by atoms with Crippen molar-refractivity contribution in [3.05, 3.63) is 17.5 Å². The van der Waals surface area contributed by atoms with E-state index >= 15 is 0 Å². The summed E-state index contributed by atoms with van der Waals surface area (Å²) in [7, 11) is 0. The summed E-state index contributed by atoms with van der Waals surface area (Å²) in [5.41, 5.74) is 0.841. The van der Waals surface area contributed by atoms with E-state index in [1.165, 1.54) is 0 Å². The monoisotopic (exact) mass is 226 g/mol. The molecule has 0 aliphatic heterocycles. The van der Waals surface area contributed by atoms with Crippen LogP contribution in [0.3, 0.4) is 0 Å². The molecule has 1 aromatic heterocycles. The Kier molecular flexibility index (Phi) is 4.98. The predicted octanol–water partition coefficient (Wildman–Crippen LogP) is 1.41. The third-order valence-electron chi connectivity index (χ3n) is 2.09. The summed E-state index contributed by atoms with van der Waals surface area (Å²) >= 11 is 0. The van der Waals surface area contributed by atoms with Gasteiger partial charge in [-0.3, -0.25) is 4.79 Å². The zero-order chi connectivity index (χ0) is 12.0. The molecule has 0 saturated heterocycles. The highest BCUT2D eigenvalue weighted by Crippen LogP contribution is 2.02. The van der Waals surface area contributed by atoms with Crippen molar-refractivity contribution < 1.29 is 14.1 Å². The number of aryl methyl sites for hydroxylation is 1. The van der Waals surface area contributed by atoms with Crippen molar-refractivity contribution in [1.82, 2.24) is 10.5 Å². The normalized spacial score (nSPS) is 12.4. The fourth-order valence-corrected chi connectivity index (χ4v) is 1.32. The maximum absolute atomic E-state index is 11.2. The molecule has 90 valence electrons. The molecule has 0 aliphatic carbocycles. The molecule has 0 aliphatic rings. The van der Waals surface area contributed by atoms with Gasteiger partial charge in [-0.15, -0.1) is 0 Å². The molecule has 0 radical (unpaired) electrons. The Hall–Kier alpha value is -1.36. The minimum absolute atomic E-state index is 0.0658. The van der Waals surface area contributed by atoms with E-state index in [9.17, 15) is 4.79 Å². The van der Waals surface area contributed by atoms with Crippen LogP contribution in [0, 0.1) is 6.92 Å². The number of carbonyl (C=O) groups excluding carboxylic acids is 1. The Morgan fingerprint density at radius 3 is 3.00 bits per heavy atom. The van der Waals surface area contributed by atoms with Crippen LogP contribution in [0.5, 0.6) is 0 Å². The van der Waals surface area contributed by atoms with Gasteiger partial charge in [0, 0.05) is 18.7 Å². The summed E-state index contributed by atoms with van der Waals surface area (Å²) < 4.78 is 9.79. The fraction of sp³-hybridized carbons (Fsp3) is 0.636. The Bertz CT molecular complexity index is 336. The molecular formula is C11H18N2O3.